The van der Waals surface area contributed by atoms with Gasteiger partial charge in [0.1, 0.15) is 0 Å². The van der Waals surface area contributed by atoms with Crippen LogP contribution in [0.1, 0.15) is 23.5 Å². The highest BCUT2D eigenvalue weighted by molar-refractivity contribution is 7.99. The highest BCUT2D eigenvalue weighted by atomic mass is 32.2. The summed E-state index contributed by atoms with van der Waals surface area (Å²) in [5.41, 5.74) is 6.02. The van der Waals surface area contributed by atoms with Gasteiger partial charge in [0.05, 0.1) is 0 Å². The van der Waals surface area contributed by atoms with Crippen LogP contribution in [0, 0.1) is 5.92 Å². The number of benzene rings is 2. The maximum atomic E-state index is 3.61. The first kappa shape index (κ1) is 15.5. The van der Waals surface area contributed by atoms with Crippen molar-refractivity contribution in [2.75, 3.05) is 31.2 Å². The van der Waals surface area contributed by atoms with Crippen LogP contribution in [0.25, 0.3) is 5.57 Å². The Kier molecular flexibility index (Phi) is 3.87. The first-order valence-electron chi connectivity index (χ1n) is 9.26. The second kappa shape index (κ2) is 6.22. The maximum Gasteiger partial charge on any atom is 0.0382 e. The predicted octanol–water partition coefficient (Wildman–Crippen LogP) is 4.71. The van der Waals surface area contributed by atoms with E-state index in [-0.39, 0.29) is 0 Å². The van der Waals surface area contributed by atoms with Crippen molar-refractivity contribution in [3.05, 3.63) is 65.7 Å². The molecule has 0 fully saturated rings. The monoisotopic (exact) mass is 348 g/mol. The summed E-state index contributed by atoms with van der Waals surface area (Å²) in [5.74, 6) is 2.45. The van der Waals surface area contributed by atoms with E-state index in [1.807, 2.05) is 11.8 Å². The predicted molar refractivity (Wildman–Crippen MR) is 107 cm³/mol. The number of thioether (sulfide) groups is 1. The Morgan fingerprint density at radius 2 is 2.00 bits per heavy atom. The molecule has 1 aliphatic carbocycles. The molecule has 25 heavy (non-hydrogen) atoms. The van der Waals surface area contributed by atoms with E-state index in [1.54, 1.807) is 11.1 Å². The van der Waals surface area contributed by atoms with E-state index in [2.05, 4.69) is 71.9 Å². The summed E-state index contributed by atoms with van der Waals surface area (Å²) in [5, 5.41) is 3.61. The van der Waals surface area contributed by atoms with Crippen LogP contribution in [0.3, 0.4) is 0 Å². The van der Waals surface area contributed by atoms with Crippen LogP contribution in [-0.4, -0.2) is 36.8 Å². The third kappa shape index (κ3) is 2.70. The molecule has 3 heteroatoms. The molecule has 0 amide bonds. The molecule has 0 unspecified atom stereocenters. The highest BCUT2D eigenvalue weighted by Gasteiger charge is 2.39. The average molecular weight is 349 g/mol. The quantitative estimate of drug-likeness (QED) is 0.809. The fourth-order valence-electron chi connectivity index (χ4n) is 4.77. The topological polar surface area (TPSA) is 15.3 Å². The first-order chi connectivity index (χ1) is 12.3. The number of hydrogen-bond donors (Lipinski definition) is 1. The van der Waals surface area contributed by atoms with Gasteiger partial charge in [0.2, 0.25) is 0 Å². The molecule has 3 aliphatic rings. The summed E-state index contributed by atoms with van der Waals surface area (Å²) in [4.78, 5) is 3.97. The van der Waals surface area contributed by atoms with Gasteiger partial charge in [0.25, 0.3) is 0 Å². The van der Waals surface area contributed by atoms with Crippen LogP contribution in [0.2, 0.25) is 0 Å². The van der Waals surface area contributed by atoms with Gasteiger partial charge >= 0.3 is 0 Å². The molecule has 0 radical (unpaired) electrons. The third-order valence-corrected chi connectivity index (χ3v) is 7.11. The van der Waals surface area contributed by atoms with Crippen molar-refractivity contribution in [1.82, 2.24) is 4.90 Å². The standard InChI is InChI=1S/C22H24N2S/c1-24-13-15(14-25-17-6-3-2-4-7-17)10-19-18-8-5-9-20-22(18)16(12-23-20)11-21(19)24/h2-10,15-16,21,23H,11-14H2,1H3/t15-,16-,21-/m1/s1. The molecule has 3 atom stereocenters. The van der Waals surface area contributed by atoms with E-state index < -0.39 is 0 Å². The molecule has 2 aromatic carbocycles. The van der Waals surface area contributed by atoms with Crippen LogP contribution >= 0.6 is 11.8 Å². The number of nitrogens with one attached hydrogen (secondary N) is 1. The van der Waals surface area contributed by atoms with E-state index in [9.17, 15) is 0 Å². The van der Waals surface area contributed by atoms with Crippen LogP contribution in [0.5, 0.6) is 0 Å². The van der Waals surface area contributed by atoms with E-state index in [4.69, 9.17) is 0 Å². The number of fused-ring (bicyclic) bond motifs is 2. The van der Waals surface area contributed by atoms with Gasteiger partial charge in [-0.3, -0.25) is 4.90 Å². The zero-order chi connectivity index (χ0) is 16.8. The number of hydrogen-bond acceptors (Lipinski definition) is 3. The molecule has 1 N–H and O–H groups in total. The molecule has 0 bridgehead atoms. The van der Waals surface area contributed by atoms with Crippen molar-refractivity contribution >= 4 is 23.0 Å². The SMILES string of the molecule is CN1C[C@H](CSc2ccccc2)C=C2c3cccc4c3[C@@H](CN4)C[C@H]21. The largest absolute Gasteiger partial charge is 0.384 e. The summed E-state index contributed by atoms with van der Waals surface area (Å²) < 4.78 is 0. The van der Waals surface area contributed by atoms with Crippen molar-refractivity contribution in [3.8, 4) is 0 Å². The number of nitrogens with zero attached hydrogens (tertiary/aromatic N) is 1. The van der Waals surface area contributed by atoms with Gasteiger partial charge in [-0.15, -0.1) is 11.8 Å². The molecule has 0 saturated heterocycles. The number of anilines is 1. The Morgan fingerprint density at radius 1 is 1.12 bits per heavy atom. The average Bonchev–Trinajstić information content (AvgIpc) is 3.06. The Bertz CT molecular complexity index is 814. The lowest BCUT2D eigenvalue weighted by Crippen LogP contribution is -2.43. The van der Waals surface area contributed by atoms with Crippen molar-refractivity contribution in [1.29, 1.82) is 0 Å². The van der Waals surface area contributed by atoms with E-state index >= 15 is 0 Å². The lowest BCUT2D eigenvalue weighted by atomic mass is 9.75. The molecule has 0 saturated carbocycles. The fraction of sp³-hybridized carbons (Fsp3) is 0.364. The summed E-state index contributed by atoms with van der Waals surface area (Å²) in [6, 6.07) is 18.2. The fourth-order valence-corrected chi connectivity index (χ4v) is 5.72. The minimum atomic E-state index is 0.589. The molecule has 2 nitrogen and oxygen atoms in total. The normalized spacial score (nSPS) is 27.2. The number of rotatable bonds is 3. The van der Waals surface area contributed by atoms with Gasteiger partial charge in [-0.05, 0) is 54.3 Å². The molecular weight excluding hydrogens is 324 g/mol. The van der Waals surface area contributed by atoms with Gasteiger partial charge in [-0.2, -0.15) is 0 Å². The Balaban J connectivity index is 1.45. The second-order valence-electron chi connectivity index (χ2n) is 7.54. The van der Waals surface area contributed by atoms with Crippen LogP contribution in [-0.2, 0) is 0 Å². The van der Waals surface area contributed by atoms with Crippen molar-refractivity contribution in [3.63, 3.8) is 0 Å². The van der Waals surface area contributed by atoms with Crippen LogP contribution < -0.4 is 5.32 Å². The van der Waals surface area contributed by atoms with E-state index in [1.165, 1.54) is 29.1 Å². The van der Waals surface area contributed by atoms with Crippen molar-refractivity contribution in [2.24, 2.45) is 5.92 Å². The van der Waals surface area contributed by atoms with E-state index in [0.29, 0.717) is 17.9 Å². The van der Waals surface area contributed by atoms with Crippen LogP contribution in [0.4, 0.5) is 5.69 Å². The Hall–Kier alpha value is -1.71. The van der Waals surface area contributed by atoms with Crippen molar-refractivity contribution < 1.29 is 0 Å². The Labute approximate surface area is 154 Å². The lowest BCUT2D eigenvalue weighted by Gasteiger charge is -2.42. The number of likely N-dealkylation sites (N-methyl/N-ethyl adjacent to an activating group) is 1. The molecule has 0 spiro atoms. The molecule has 2 heterocycles. The van der Waals surface area contributed by atoms with Crippen molar-refractivity contribution in [2.45, 2.75) is 23.3 Å². The second-order valence-corrected chi connectivity index (χ2v) is 8.64. The minimum Gasteiger partial charge on any atom is -0.384 e. The van der Waals surface area contributed by atoms with E-state index in [0.717, 1.165) is 12.3 Å². The van der Waals surface area contributed by atoms with Gasteiger partial charge in [-0.1, -0.05) is 36.4 Å². The molecule has 5 rings (SSSR count). The smallest absolute Gasteiger partial charge is 0.0382 e. The summed E-state index contributed by atoms with van der Waals surface area (Å²) >= 11 is 1.98. The third-order valence-electron chi connectivity index (χ3n) is 5.91. The molecule has 0 aromatic heterocycles. The molecule has 128 valence electrons. The van der Waals surface area contributed by atoms with Crippen LogP contribution in [0.15, 0.2) is 59.5 Å². The first-order valence-corrected chi connectivity index (χ1v) is 10.2. The van der Waals surface area contributed by atoms with Gasteiger partial charge in [0.15, 0.2) is 0 Å². The minimum absolute atomic E-state index is 0.589. The maximum absolute atomic E-state index is 3.61. The molecule has 2 aliphatic heterocycles. The highest BCUT2D eigenvalue weighted by Crippen LogP contribution is 2.48. The summed E-state index contributed by atoms with van der Waals surface area (Å²) in [6.45, 7) is 2.28. The lowest BCUT2D eigenvalue weighted by molar-refractivity contribution is 0.234. The van der Waals surface area contributed by atoms with Gasteiger partial charge < -0.3 is 5.32 Å². The Morgan fingerprint density at radius 3 is 2.88 bits per heavy atom. The summed E-state index contributed by atoms with van der Waals surface area (Å²) in [6.07, 6.45) is 3.85. The zero-order valence-electron chi connectivity index (χ0n) is 14.6. The van der Waals surface area contributed by atoms with Gasteiger partial charge in [0, 0.05) is 41.4 Å². The molecular formula is C22H24N2S. The van der Waals surface area contributed by atoms with Gasteiger partial charge in [-0.25, -0.2) is 0 Å². The zero-order valence-corrected chi connectivity index (χ0v) is 15.4. The molecule has 2 aromatic rings. The summed E-state index contributed by atoms with van der Waals surface area (Å²) in [7, 11) is 2.31.